The topological polar surface area (TPSA) is 33.6 Å². The molecule has 0 bridgehead atoms. The van der Waals surface area contributed by atoms with Gasteiger partial charge in [-0.05, 0) is 18.2 Å². The van der Waals surface area contributed by atoms with Crippen LogP contribution < -0.4 is 10.1 Å². The summed E-state index contributed by atoms with van der Waals surface area (Å²) in [4.78, 5) is 4.08. The van der Waals surface area contributed by atoms with Crippen LogP contribution in [0.1, 0.15) is 5.56 Å². The van der Waals surface area contributed by atoms with E-state index < -0.39 is 11.7 Å². The lowest BCUT2D eigenvalue weighted by Crippen LogP contribution is -2.24. The van der Waals surface area contributed by atoms with Crippen LogP contribution in [0.2, 0.25) is 0 Å². The first-order valence-electron chi connectivity index (χ1n) is 5.13. The quantitative estimate of drug-likeness (QED) is 0.923. The van der Waals surface area contributed by atoms with E-state index in [-0.39, 0.29) is 24.8 Å². The third-order valence-corrected chi connectivity index (χ3v) is 2.28. The molecule has 0 amide bonds. The summed E-state index contributed by atoms with van der Waals surface area (Å²) in [7, 11) is 0. The highest BCUT2D eigenvalue weighted by molar-refractivity contribution is 5.85. The Balaban J connectivity index is 0.00000162. The largest absolute Gasteiger partial charge is 0.486 e. The first kappa shape index (κ1) is 14.6. The lowest BCUT2D eigenvalue weighted by molar-refractivity contribution is -0.137. The fourth-order valence-corrected chi connectivity index (χ4v) is 1.46. The molecule has 2 rings (SSSR count). The van der Waals surface area contributed by atoms with Gasteiger partial charge in [-0.2, -0.15) is 13.2 Å². The standard InChI is InChI=1S/C11H11F3N2O.ClH/c12-11(13,14)8-2-1-3-9(6-8)17-7-10-15-4-5-16-10;/h1-3,6H,4-5,7H2,(H,15,16);1H. The van der Waals surface area contributed by atoms with Crippen molar-refractivity contribution < 1.29 is 17.9 Å². The predicted molar refractivity (Wildman–Crippen MR) is 64.5 cm³/mol. The highest BCUT2D eigenvalue weighted by Gasteiger charge is 2.30. The van der Waals surface area contributed by atoms with Crippen molar-refractivity contribution in [2.75, 3.05) is 19.7 Å². The normalized spacial score (nSPS) is 14.5. The van der Waals surface area contributed by atoms with Gasteiger partial charge in [0.15, 0.2) is 0 Å². The summed E-state index contributed by atoms with van der Waals surface area (Å²) in [6.45, 7) is 1.60. The molecule has 1 heterocycles. The van der Waals surface area contributed by atoms with Gasteiger partial charge in [-0.1, -0.05) is 6.07 Å². The second kappa shape index (κ2) is 5.95. The minimum Gasteiger partial charge on any atom is -0.486 e. The van der Waals surface area contributed by atoms with E-state index in [9.17, 15) is 13.2 Å². The molecule has 7 heteroatoms. The van der Waals surface area contributed by atoms with E-state index >= 15 is 0 Å². The van der Waals surface area contributed by atoms with Crippen molar-refractivity contribution >= 4 is 18.2 Å². The summed E-state index contributed by atoms with van der Waals surface area (Å²) in [6, 6.07) is 4.81. The molecule has 0 unspecified atom stereocenters. The lowest BCUT2D eigenvalue weighted by atomic mass is 10.2. The Labute approximate surface area is 108 Å². The molecule has 0 aliphatic carbocycles. The molecule has 100 valence electrons. The second-order valence-corrected chi connectivity index (χ2v) is 3.57. The Morgan fingerprint density at radius 2 is 2.11 bits per heavy atom. The molecule has 0 saturated carbocycles. The Bertz CT molecular complexity index is 435. The number of nitrogens with one attached hydrogen (secondary N) is 1. The van der Waals surface area contributed by atoms with E-state index in [2.05, 4.69) is 10.3 Å². The molecule has 0 aromatic heterocycles. The monoisotopic (exact) mass is 280 g/mol. The summed E-state index contributed by atoms with van der Waals surface area (Å²) in [5.74, 6) is 0.860. The second-order valence-electron chi connectivity index (χ2n) is 3.57. The van der Waals surface area contributed by atoms with E-state index in [1.807, 2.05) is 0 Å². The zero-order chi connectivity index (χ0) is 12.3. The van der Waals surface area contributed by atoms with Gasteiger partial charge in [0.25, 0.3) is 0 Å². The molecule has 1 aromatic carbocycles. The average Bonchev–Trinajstić information content (AvgIpc) is 2.78. The van der Waals surface area contributed by atoms with Gasteiger partial charge in [-0.3, -0.25) is 4.99 Å². The number of rotatable bonds is 3. The van der Waals surface area contributed by atoms with Crippen molar-refractivity contribution in [3.05, 3.63) is 29.8 Å². The van der Waals surface area contributed by atoms with Gasteiger partial charge in [0, 0.05) is 6.54 Å². The first-order valence-corrected chi connectivity index (χ1v) is 5.13. The van der Waals surface area contributed by atoms with Gasteiger partial charge in [-0.15, -0.1) is 12.4 Å². The van der Waals surface area contributed by atoms with Gasteiger partial charge < -0.3 is 10.1 Å². The number of aliphatic imine (C=N–C) groups is 1. The highest BCUT2D eigenvalue weighted by atomic mass is 35.5. The van der Waals surface area contributed by atoms with Crippen molar-refractivity contribution in [2.24, 2.45) is 4.99 Å². The maximum atomic E-state index is 12.4. The molecule has 0 fully saturated rings. The van der Waals surface area contributed by atoms with Crippen molar-refractivity contribution in [2.45, 2.75) is 6.18 Å². The summed E-state index contributed by atoms with van der Waals surface area (Å²) < 4.78 is 42.5. The number of amidine groups is 1. The van der Waals surface area contributed by atoms with E-state index in [4.69, 9.17) is 4.74 Å². The first-order chi connectivity index (χ1) is 8.05. The van der Waals surface area contributed by atoms with Crippen LogP contribution in [0, 0.1) is 0 Å². The number of ether oxygens (including phenoxy) is 1. The zero-order valence-electron chi connectivity index (χ0n) is 9.33. The Morgan fingerprint density at radius 1 is 1.33 bits per heavy atom. The molecule has 1 aliphatic rings. The molecule has 0 atom stereocenters. The van der Waals surface area contributed by atoms with Crippen molar-refractivity contribution in [1.82, 2.24) is 5.32 Å². The number of halogens is 4. The molecule has 0 saturated heterocycles. The smallest absolute Gasteiger partial charge is 0.416 e. The van der Waals surface area contributed by atoms with Crippen LogP contribution in [0.4, 0.5) is 13.2 Å². The van der Waals surface area contributed by atoms with Crippen LogP contribution in [0.15, 0.2) is 29.3 Å². The SMILES string of the molecule is Cl.FC(F)(F)c1cccc(OCC2=NCCN2)c1. The molecule has 1 aliphatic heterocycles. The van der Waals surface area contributed by atoms with E-state index in [0.29, 0.717) is 12.4 Å². The number of benzene rings is 1. The number of hydrogen-bond acceptors (Lipinski definition) is 3. The number of nitrogens with zero attached hydrogens (tertiary/aromatic N) is 1. The lowest BCUT2D eigenvalue weighted by Gasteiger charge is -2.10. The molecule has 18 heavy (non-hydrogen) atoms. The summed E-state index contributed by atoms with van der Waals surface area (Å²) in [5.41, 5.74) is -0.712. The van der Waals surface area contributed by atoms with Crippen LogP contribution in [-0.2, 0) is 6.18 Å². The number of alkyl halides is 3. The van der Waals surface area contributed by atoms with Crippen LogP contribution in [0.3, 0.4) is 0 Å². The van der Waals surface area contributed by atoms with Gasteiger partial charge in [0.2, 0.25) is 0 Å². The van der Waals surface area contributed by atoms with Gasteiger partial charge >= 0.3 is 6.18 Å². The minimum atomic E-state index is -4.34. The maximum Gasteiger partial charge on any atom is 0.416 e. The fourth-order valence-electron chi connectivity index (χ4n) is 1.46. The Morgan fingerprint density at radius 3 is 2.72 bits per heavy atom. The molecule has 0 spiro atoms. The van der Waals surface area contributed by atoms with Crippen LogP contribution >= 0.6 is 12.4 Å². The van der Waals surface area contributed by atoms with Gasteiger partial charge in [0.1, 0.15) is 18.2 Å². The average molecular weight is 281 g/mol. The predicted octanol–water partition coefficient (Wildman–Crippen LogP) is 2.51. The minimum absolute atomic E-state index is 0. The highest BCUT2D eigenvalue weighted by Crippen LogP contribution is 2.31. The summed E-state index contributed by atoms with van der Waals surface area (Å²) >= 11 is 0. The fraction of sp³-hybridized carbons (Fsp3) is 0.364. The molecule has 1 N–H and O–H groups in total. The molecule has 0 radical (unpaired) electrons. The van der Waals surface area contributed by atoms with E-state index in [1.165, 1.54) is 12.1 Å². The summed E-state index contributed by atoms with van der Waals surface area (Å²) in [5, 5.41) is 2.97. The van der Waals surface area contributed by atoms with Crippen molar-refractivity contribution in [1.29, 1.82) is 0 Å². The summed E-state index contributed by atoms with van der Waals surface area (Å²) in [6.07, 6.45) is -4.34. The molecular weight excluding hydrogens is 269 g/mol. The molecule has 1 aromatic rings. The Hall–Kier alpha value is -1.43. The third-order valence-electron chi connectivity index (χ3n) is 2.28. The maximum absolute atomic E-state index is 12.4. The van der Waals surface area contributed by atoms with E-state index in [0.717, 1.165) is 18.7 Å². The Kier molecular flexibility index (Phi) is 4.84. The van der Waals surface area contributed by atoms with E-state index in [1.54, 1.807) is 0 Å². The molecule has 3 nitrogen and oxygen atoms in total. The molecular formula is C11H12ClF3N2O. The van der Waals surface area contributed by atoms with Crippen molar-refractivity contribution in [3.63, 3.8) is 0 Å². The van der Waals surface area contributed by atoms with Crippen LogP contribution in [0.25, 0.3) is 0 Å². The van der Waals surface area contributed by atoms with Crippen molar-refractivity contribution in [3.8, 4) is 5.75 Å². The van der Waals surface area contributed by atoms with Crippen LogP contribution in [0.5, 0.6) is 5.75 Å². The van der Waals surface area contributed by atoms with Gasteiger partial charge in [0.05, 0.1) is 12.1 Å². The third kappa shape index (κ3) is 3.80. The van der Waals surface area contributed by atoms with Crippen LogP contribution in [-0.4, -0.2) is 25.5 Å². The van der Waals surface area contributed by atoms with Gasteiger partial charge in [-0.25, -0.2) is 0 Å². The number of hydrogen-bond donors (Lipinski definition) is 1. The zero-order valence-corrected chi connectivity index (χ0v) is 10.1.